The van der Waals surface area contributed by atoms with Crippen LogP contribution in [-0.4, -0.2) is 43.3 Å². The van der Waals surface area contributed by atoms with Gasteiger partial charge in [-0.3, -0.25) is 4.79 Å². The van der Waals surface area contributed by atoms with E-state index >= 15 is 0 Å². The number of carboxylic acids is 1. The molecule has 2 rings (SSSR count). The van der Waals surface area contributed by atoms with Crippen molar-refractivity contribution in [3.63, 3.8) is 0 Å². The third-order valence-corrected chi connectivity index (χ3v) is 3.35. The normalized spacial score (nSPS) is 18.2. The predicted molar refractivity (Wildman–Crippen MR) is 72.2 cm³/mol. The van der Waals surface area contributed by atoms with Crippen LogP contribution in [0.25, 0.3) is 0 Å². The Kier molecular flexibility index (Phi) is 3.17. The van der Waals surface area contributed by atoms with Gasteiger partial charge in [0.2, 0.25) is 0 Å². The molecule has 0 aliphatic carbocycles. The van der Waals surface area contributed by atoms with Crippen molar-refractivity contribution in [3.8, 4) is 0 Å². The Morgan fingerprint density at radius 2 is 2.00 bits per heavy atom. The number of fused-ring (bicyclic) bond motifs is 1. The van der Waals surface area contributed by atoms with Crippen LogP contribution < -0.4 is 15.5 Å². The summed E-state index contributed by atoms with van der Waals surface area (Å²) in [6, 6.07) is 7.98. The molecule has 0 saturated heterocycles. The highest BCUT2D eigenvalue weighted by molar-refractivity contribution is 5.80. The van der Waals surface area contributed by atoms with E-state index in [1.807, 2.05) is 36.2 Å². The zero-order chi connectivity index (χ0) is 13.3. The summed E-state index contributed by atoms with van der Waals surface area (Å²) in [6.07, 6.45) is 0. The van der Waals surface area contributed by atoms with E-state index in [2.05, 4.69) is 4.90 Å². The molecule has 0 fully saturated rings. The summed E-state index contributed by atoms with van der Waals surface area (Å²) in [7, 11) is 2.04. The van der Waals surface area contributed by atoms with Gasteiger partial charge in [-0.05, 0) is 19.1 Å². The number of hydrogen-bond acceptors (Lipinski definition) is 4. The van der Waals surface area contributed by atoms with Gasteiger partial charge in [0.1, 0.15) is 5.54 Å². The molecule has 1 heterocycles. The maximum atomic E-state index is 11.1. The van der Waals surface area contributed by atoms with Gasteiger partial charge < -0.3 is 20.6 Å². The lowest BCUT2D eigenvalue weighted by atomic mass is 10.0. The zero-order valence-electron chi connectivity index (χ0n) is 10.8. The molecule has 3 N–H and O–H groups in total. The maximum absolute atomic E-state index is 11.1. The lowest BCUT2D eigenvalue weighted by Crippen LogP contribution is -2.56. The second kappa shape index (κ2) is 4.49. The second-order valence-corrected chi connectivity index (χ2v) is 5.05. The van der Waals surface area contributed by atoms with Crippen molar-refractivity contribution in [1.82, 2.24) is 0 Å². The number of likely N-dealkylation sites (N-methyl/N-ethyl adjacent to an activating group) is 1. The van der Waals surface area contributed by atoms with Gasteiger partial charge in [0.25, 0.3) is 0 Å². The van der Waals surface area contributed by atoms with E-state index in [4.69, 9.17) is 10.8 Å². The minimum atomic E-state index is -1.23. The molecule has 0 spiro atoms. The molecule has 1 unspecified atom stereocenters. The number of nitrogens with two attached hydrogens (primary N) is 1. The van der Waals surface area contributed by atoms with E-state index < -0.39 is 11.5 Å². The maximum Gasteiger partial charge on any atom is 0.325 e. The number of nitrogens with zero attached hydrogens (tertiary/aromatic N) is 2. The standard InChI is InChI=1S/C13H19N3O2/c1-13(14,12(17)18)9-16-8-7-15(2)10-5-3-4-6-11(10)16/h3-6H,7-9,14H2,1-2H3,(H,17,18). The molecule has 0 aromatic heterocycles. The molecule has 1 aromatic rings. The van der Waals surface area contributed by atoms with Crippen LogP contribution in [0.1, 0.15) is 6.92 Å². The topological polar surface area (TPSA) is 69.8 Å². The van der Waals surface area contributed by atoms with Gasteiger partial charge in [-0.2, -0.15) is 0 Å². The number of para-hydroxylation sites is 2. The number of anilines is 2. The summed E-state index contributed by atoms with van der Waals surface area (Å²) in [5.41, 5.74) is 6.76. The van der Waals surface area contributed by atoms with Crippen LogP contribution in [0.5, 0.6) is 0 Å². The first-order valence-electron chi connectivity index (χ1n) is 5.99. The number of aliphatic carboxylic acids is 1. The summed E-state index contributed by atoms with van der Waals surface area (Å²) in [6.45, 7) is 3.52. The third-order valence-electron chi connectivity index (χ3n) is 3.35. The van der Waals surface area contributed by atoms with Gasteiger partial charge in [0.15, 0.2) is 0 Å². The van der Waals surface area contributed by atoms with Crippen molar-refractivity contribution in [2.45, 2.75) is 12.5 Å². The third kappa shape index (κ3) is 2.26. The molecule has 0 saturated carbocycles. The van der Waals surface area contributed by atoms with Crippen LogP contribution in [-0.2, 0) is 4.79 Å². The van der Waals surface area contributed by atoms with Crippen LogP contribution >= 0.6 is 0 Å². The summed E-state index contributed by atoms with van der Waals surface area (Å²) >= 11 is 0. The molecule has 0 bridgehead atoms. The lowest BCUT2D eigenvalue weighted by molar-refractivity contribution is -0.142. The van der Waals surface area contributed by atoms with Crippen molar-refractivity contribution < 1.29 is 9.90 Å². The Bertz CT molecular complexity index is 459. The van der Waals surface area contributed by atoms with E-state index in [0.29, 0.717) is 6.54 Å². The molecule has 98 valence electrons. The second-order valence-electron chi connectivity index (χ2n) is 5.05. The molecule has 18 heavy (non-hydrogen) atoms. The molecule has 5 nitrogen and oxygen atoms in total. The molecular weight excluding hydrogens is 230 g/mol. The van der Waals surface area contributed by atoms with Crippen LogP contribution in [0.3, 0.4) is 0 Å². The minimum Gasteiger partial charge on any atom is -0.480 e. The largest absolute Gasteiger partial charge is 0.480 e. The van der Waals surface area contributed by atoms with E-state index in [9.17, 15) is 4.79 Å². The zero-order valence-corrected chi connectivity index (χ0v) is 10.8. The molecule has 1 aliphatic heterocycles. The molecule has 5 heteroatoms. The SMILES string of the molecule is CN1CCN(CC(C)(N)C(=O)O)c2ccccc21. The van der Waals surface area contributed by atoms with E-state index in [0.717, 1.165) is 24.5 Å². The summed E-state index contributed by atoms with van der Waals surface area (Å²) in [5, 5.41) is 9.11. The van der Waals surface area contributed by atoms with Crippen LogP contribution in [0.2, 0.25) is 0 Å². The van der Waals surface area contributed by atoms with E-state index in [1.54, 1.807) is 6.92 Å². The number of hydrogen-bond donors (Lipinski definition) is 2. The van der Waals surface area contributed by atoms with Gasteiger partial charge in [-0.1, -0.05) is 12.1 Å². The van der Waals surface area contributed by atoms with Gasteiger partial charge in [-0.15, -0.1) is 0 Å². The Morgan fingerprint density at radius 3 is 2.61 bits per heavy atom. The highest BCUT2D eigenvalue weighted by Crippen LogP contribution is 2.32. The summed E-state index contributed by atoms with van der Waals surface area (Å²) in [5.74, 6) is -0.973. The fourth-order valence-electron chi connectivity index (χ4n) is 2.19. The van der Waals surface area contributed by atoms with Crippen LogP contribution in [0.15, 0.2) is 24.3 Å². The quantitative estimate of drug-likeness (QED) is 0.827. The molecular formula is C13H19N3O2. The number of rotatable bonds is 3. The molecule has 1 aromatic carbocycles. The fourth-order valence-corrected chi connectivity index (χ4v) is 2.19. The highest BCUT2D eigenvalue weighted by atomic mass is 16.4. The Balaban J connectivity index is 2.27. The first-order valence-corrected chi connectivity index (χ1v) is 5.99. The number of carboxylic acid groups (broad SMARTS) is 1. The van der Waals surface area contributed by atoms with Gasteiger partial charge >= 0.3 is 5.97 Å². The first kappa shape index (κ1) is 12.7. The summed E-state index contributed by atoms with van der Waals surface area (Å²) < 4.78 is 0. The number of benzene rings is 1. The van der Waals surface area contributed by atoms with Crippen molar-refractivity contribution in [2.75, 3.05) is 36.5 Å². The summed E-state index contributed by atoms with van der Waals surface area (Å²) in [4.78, 5) is 15.3. The Labute approximate surface area is 107 Å². The monoisotopic (exact) mass is 249 g/mol. The van der Waals surface area contributed by atoms with Gasteiger partial charge in [-0.25, -0.2) is 0 Å². The fraction of sp³-hybridized carbons (Fsp3) is 0.462. The molecule has 0 amide bonds. The van der Waals surface area contributed by atoms with Gasteiger partial charge in [0.05, 0.1) is 11.4 Å². The van der Waals surface area contributed by atoms with Crippen molar-refractivity contribution in [1.29, 1.82) is 0 Å². The Hall–Kier alpha value is -1.75. The molecule has 1 aliphatic rings. The Morgan fingerprint density at radius 1 is 1.39 bits per heavy atom. The van der Waals surface area contributed by atoms with E-state index in [-0.39, 0.29) is 0 Å². The molecule has 1 atom stereocenters. The van der Waals surface area contributed by atoms with Crippen molar-refractivity contribution in [2.24, 2.45) is 5.73 Å². The first-order chi connectivity index (χ1) is 8.42. The van der Waals surface area contributed by atoms with Crippen LogP contribution in [0.4, 0.5) is 11.4 Å². The average Bonchev–Trinajstić information content (AvgIpc) is 2.33. The van der Waals surface area contributed by atoms with Crippen molar-refractivity contribution in [3.05, 3.63) is 24.3 Å². The van der Waals surface area contributed by atoms with Crippen LogP contribution in [0, 0.1) is 0 Å². The molecule has 0 radical (unpaired) electrons. The average molecular weight is 249 g/mol. The smallest absolute Gasteiger partial charge is 0.325 e. The minimum absolute atomic E-state index is 0.313. The number of carbonyl (C=O) groups is 1. The lowest BCUT2D eigenvalue weighted by Gasteiger charge is -2.39. The van der Waals surface area contributed by atoms with Crippen molar-refractivity contribution >= 4 is 17.3 Å². The predicted octanol–water partition coefficient (Wildman–Crippen LogP) is 0.745. The van der Waals surface area contributed by atoms with Gasteiger partial charge in [0, 0.05) is 26.7 Å². The highest BCUT2D eigenvalue weighted by Gasteiger charge is 2.32. The van der Waals surface area contributed by atoms with E-state index in [1.165, 1.54) is 0 Å².